The molecule has 0 aromatic heterocycles. The summed E-state index contributed by atoms with van der Waals surface area (Å²) < 4.78 is 10.4. The highest BCUT2D eigenvalue weighted by Gasteiger charge is 2.28. The molecule has 0 saturated carbocycles. The van der Waals surface area contributed by atoms with Crippen LogP contribution in [0.1, 0.15) is 47.5 Å². The van der Waals surface area contributed by atoms with Crippen molar-refractivity contribution in [2.24, 2.45) is 0 Å². The summed E-state index contributed by atoms with van der Waals surface area (Å²) in [7, 11) is 0. The fraction of sp³-hybridized carbons (Fsp3) is 0.857. The molecule has 1 atom stereocenters. The number of ether oxygens (including phenoxy) is 2. The zero-order valence-corrected chi connectivity index (χ0v) is 13.1. The number of hydrogen-bond donors (Lipinski definition) is 1. The first-order valence-corrected chi connectivity index (χ1v) is 7.12. The SMILES string of the molecule is CC(C)OC(=O)N[C@H]1CCCN(C(=O)OC(C)(C)C)C1. The van der Waals surface area contributed by atoms with Gasteiger partial charge in [-0.1, -0.05) is 0 Å². The molecule has 1 aliphatic heterocycles. The molecular weight excluding hydrogens is 260 g/mol. The summed E-state index contributed by atoms with van der Waals surface area (Å²) in [4.78, 5) is 25.2. The quantitative estimate of drug-likeness (QED) is 0.847. The molecule has 116 valence electrons. The van der Waals surface area contributed by atoms with E-state index in [2.05, 4.69) is 5.32 Å². The molecule has 0 aromatic rings. The van der Waals surface area contributed by atoms with Crippen molar-refractivity contribution in [1.29, 1.82) is 0 Å². The summed E-state index contributed by atoms with van der Waals surface area (Å²) in [6, 6.07) is -0.0810. The van der Waals surface area contributed by atoms with Crippen LogP contribution in [0.3, 0.4) is 0 Å². The molecule has 0 unspecified atom stereocenters. The van der Waals surface area contributed by atoms with E-state index in [4.69, 9.17) is 9.47 Å². The molecule has 1 aliphatic rings. The van der Waals surface area contributed by atoms with Gasteiger partial charge in [0.15, 0.2) is 0 Å². The van der Waals surface area contributed by atoms with Gasteiger partial charge in [-0.2, -0.15) is 0 Å². The fourth-order valence-electron chi connectivity index (χ4n) is 2.00. The minimum Gasteiger partial charge on any atom is -0.447 e. The Morgan fingerprint density at radius 3 is 2.50 bits per heavy atom. The van der Waals surface area contributed by atoms with Crippen molar-refractivity contribution in [2.75, 3.05) is 13.1 Å². The van der Waals surface area contributed by atoms with Crippen LogP contribution < -0.4 is 5.32 Å². The van der Waals surface area contributed by atoms with Gasteiger partial charge < -0.3 is 19.7 Å². The number of nitrogens with zero attached hydrogens (tertiary/aromatic N) is 1. The van der Waals surface area contributed by atoms with E-state index in [1.807, 2.05) is 20.8 Å². The number of carbonyl (C=O) groups is 2. The number of nitrogens with one attached hydrogen (secondary N) is 1. The van der Waals surface area contributed by atoms with E-state index in [9.17, 15) is 9.59 Å². The molecule has 2 amide bonds. The molecule has 1 saturated heterocycles. The van der Waals surface area contributed by atoms with Crippen LogP contribution in [0.5, 0.6) is 0 Å². The highest BCUT2D eigenvalue weighted by molar-refractivity contribution is 5.69. The van der Waals surface area contributed by atoms with Crippen LogP contribution in [-0.2, 0) is 9.47 Å². The lowest BCUT2D eigenvalue weighted by Crippen LogP contribution is -2.51. The molecule has 1 N–H and O–H groups in total. The maximum atomic E-state index is 12.0. The average molecular weight is 286 g/mol. The van der Waals surface area contributed by atoms with Crippen molar-refractivity contribution in [2.45, 2.75) is 65.2 Å². The van der Waals surface area contributed by atoms with Crippen LogP contribution in [0.25, 0.3) is 0 Å². The number of amides is 2. The van der Waals surface area contributed by atoms with E-state index in [0.717, 1.165) is 12.8 Å². The Morgan fingerprint density at radius 1 is 1.30 bits per heavy atom. The van der Waals surface area contributed by atoms with E-state index >= 15 is 0 Å². The second-order valence-electron chi connectivity index (χ2n) is 6.36. The van der Waals surface area contributed by atoms with Crippen molar-refractivity contribution in [3.05, 3.63) is 0 Å². The second-order valence-corrected chi connectivity index (χ2v) is 6.36. The predicted octanol–water partition coefficient (Wildman–Crippen LogP) is 2.52. The minimum absolute atomic E-state index is 0.0810. The van der Waals surface area contributed by atoms with Crippen molar-refractivity contribution in [3.63, 3.8) is 0 Å². The van der Waals surface area contributed by atoms with Crippen molar-refractivity contribution in [1.82, 2.24) is 10.2 Å². The van der Waals surface area contributed by atoms with Gasteiger partial charge in [0, 0.05) is 19.1 Å². The Labute approximate surface area is 120 Å². The number of likely N-dealkylation sites (tertiary alicyclic amines) is 1. The van der Waals surface area contributed by atoms with Crippen LogP contribution in [0, 0.1) is 0 Å². The summed E-state index contributed by atoms with van der Waals surface area (Å²) >= 11 is 0. The van der Waals surface area contributed by atoms with Gasteiger partial charge in [-0.25, -0.2) is 9.59 Å². The van der Waals surface area contributed by atoms with Crippen LogP contribution in [-0.4, -0.2) is 47.9 Å². The number of rotatable bonds is 2. The summed E-state index contributed by atoms with van der Waals surface area (Å²) in [5, 5.41) is 2.79. The lowest BCUT2D eigenvalue weighted by molar-refractivity contribution is 0.0181. The zero-order valence-electron chi connectivity index (χ0n) is 13.1. The molecule has 20 heavy (non-hydrogen) atoms. The highest BCUT2D eigenvalue weighted by atomic mass is 16.6. The third kappa shape index (κ3) is 6.12. The van der Waals surface area contributed by atoms with Gasteiger partial charge >= 0.3 is 12.2 Å². The maximum Gasteiger partial charge on any atom is 0.410 e. The molecule has 0 aliphatic carbocycles. The predicted molar refractivity (Wildman–Crippen MR) is 75.6 cm³/mol. The lowest BCUT2D eigenvalue weighted by Gasteiger charge is -2.34. The summed E-state index contributed by atoms with van der Waals surface area (Å²) in [6.45, 7) is 10.2. The number of piperidine rings is 1. The largest absolute Gasteiger partial charge is 0.447 e. The smallest absolute Gasteiger partial charge is 0.410 e. The Kier molecular flexibility index (Phi) is 5.65. The Bertz CT molecular complexity index is 350. The average Bonchev–Trinajstić information content (AvgIpc) is 2.25. The molecule has 1 rings (SSSR count). The van der Waals surface area contributed by atoms with Crippen LogP contribution in [0.4, 0.5) is 9.59 Å². The zero-order chi connectivity index (χ0) is 15.3. The molecule has 1 fully saturated rings. The monoisotopic (exact) mass is 286 g/mol. The molecular formula is C14H26N2O4. The number of carbonyl (C=O) groups excluding carboxylic acids is 2. The Hall–Kier alpha value is -1.46. The fourth-order valence-corrected chi connectivity index (χ4v) is 2.00. The van der Waals surface area contributed by atoms with Crippen molar-refractivity contribution < 1.29 is 19.1 Å². The van der Waals surface area contributed by atoms with Crippen molar-refractivity contribution >= 4 is 12.2 Å². The van der Waals surface area contributed by atoms with Crippen LogP contribution in [0.15, 0.2) is 0 Å². The third-order valence-corrected chi connectivity index (χ3v) is 2.74. The molecule has 6 nitrogen and oxygen atoms in total. The first-order chi connectivity index (χ1) is 9.17. The molecule has 0 bridgehead atoms. The Balaban J connectivity index is 2.46. The van der Waals surface area contributed by atoms with Crippen LogP contribution >= 0.6 is 0 Å². The van der Waals surface area contributed by atoms with Crippen molar-refractivity contribution in [3.8, 4) is 0 Å². The van der Waals surface area contributed by atoms with Gasteiger partial charge in [0.2, 0.25) is 0 Å². The second kappa shape index (κ2) is 6.81. The normalized spacial score (nSPS) is 19.7. The van der Waals surface area contributed by atoms with E-state index in [0.29, 0.717) is 13.1 Å². The third-order valence-electron chi connectivity index (χ3n) is 2.74. The molecule has 6 heteroatoms. The Morgan fingerprint density at radius 2 is 1.95 bits per heavy atom. The summed E-state index contributed by atoms with van der Waals surface area (Å²) in [5.41, 5.74) is -0.506. The molecule has 0 radical (unpaired) electrons. The van der Waals surface area contributed by atoms with E-state index in [1.165, 1.54) is 0 Å². The van der Waals surface area contributed by atoms with E-state index in [1.54, 1.807) is 18.7 Å². The summed E-state index contributed by atoms with van der Waals surface area (Å²) in [6.07, 6.45) is 0.760. The number of hydrogen-bond acceptors (Lipinski definition) is 4. The molecule has 0 spiro atoms. The molecule has 1 heterocycles. The first kappa shape index (κ1) is 16.6. The standard InChI is InChI=1S/C14H26N2O4/c1-10(2)19-12(17)15-11-7-6-8-16(9-11)13(18)20-14(3,4)5/h10-11H,6-9H2,1-5H3,(H,15,17)/t11-/m0/s1. The van der Waals surface area contributed by atoms with Gasteiger partial charge in [0.1, 0.15) is 5.60 Å². The topological polar surface area (TPSA) is 67.9 Å². The molecule has 0 aromatic carbocycles. The summed E-state index contributed by atoms with van der Waals surface area (Å²) in [5.74, 6) is 0. The number of alkyl carbamates (subject to hydrolysis) is 1. The van der Waals surface area contributed by atoms with Gasteiger partial charge in [-0.3, -0.25) is 0 Å². The van der Waals surface area contributed by atoms with Gasteiger partial charge in [0.05, 0.1) is 6.10 Å². The van der Waals surface area contributed by atoms with Gasteiger partial charge in [0.25, 0.3) is 0 Å². The minimum atomic E-state index is -0.506. The van der Waals surface area contributed by atoms with Gasteiger partial charge in [-0.15, -0.1) is 0 Å². The first-order valence-electron chi connectivity index (χ1n) is 7.12. The van der Waals surface area contributed by atoms with Gasteiger partial charge in [-0.05, 0) is 47.5 Å². The van der Waals surface area contributed by atoms with Crippen LogP contribution in [0.2, 0.25) is 0 Å². The maximum absolute atomic E-state index is 12.0. The van der Waals surface area contributed by atoms with E-state index < -0.39 is 11.7 Å². The lowest BCUT2D eigenvalue weighted by atomic mass is 10.1. The van der Waals surface area contributed by atoms with E-state index in [-0.39, 0.29) is 18.2 Å². The highest BCUT2D eigenvalue weighted by Crippen LogP contribution is 2.15.